The molecule has 0 radical (unpaired) electrons. The Bertz CT molecular complexity index is 666. The van der Waals surface area contributed by atoms with Crippen LogP contribution in [0.3, 0.4) is 0 Å². The van der Waals surface area contributed by atoms with E-state index in [0.717, 1.165) is 24.9 Å². The lowest BCUT2D eigenvalue weighted by molar-refractivity contribution is -0.133. The van der Waals surface area contributed by atoms with Crippen LogP contribution in [0.4, 0.5) is 0 Å². The maximum atomic E-state index is 12.8. The average molecular weight is 385 g/mol. The molecule has 0 saturated carbocycles. The molecule has 128 valence electrons. The first kappa shape index (κ1) is 17.7. The fourth-order valence-electron chi connectivity index (χ4n) is 3.21. The Labute approximate surface area is 155 Å². The lowest BCUT2D eigenvalue weighted by Crippen LogP contribution is -2.49. The van der Waals surface area contributed by atoms with Gasteiger partial charge < -0.3 is 10.2 Å². The van der Waals surface area contributed by atoms with E-state index >= 15 is 0 Å². The molecule has 0 aliphatic carbocycles. The van der Waals surface area contributed by atoms with Crippen LogP contribution in [0.15, 0.2) is 18.2 Å². The van der Waals surface area contributed by atoms with E-state index in [9.17, 15) is 4.79 Å². The summed E-state index contributed by atoms with van der Waals surface area (Å²) in [6.07, 6.45) is 3.85. The highest BCUT2D eigenvalue weighted by Crippen LogP contribution is 2.38. The summed E-state index contributed by atoms with van der Waals surface area (Å²) in [5.74, 6) is 0.814. The van der Waals surface area contributed by atoms with Gasteiger partial charge in [-0.25, -0.2) is 0 Å². The number of nitrogens with one attached hydrogen (secondary N) is 2. The molecule has 1 aromatic rings. The number of carbonyl (C=O) groups excluding carboxylic acids is 1. The van der Waals surface area contributed by atoms with E-state index in [1.165, 1.54) is 0 Å². The molecule has 2 saturated heterocycles. The zero-order chi connectivity index (χ0) is 17.1. The van der Waals surface area contributed by atoms with Gasteiger partial charge in [0.2, 0.25) is 5.91 Å². The maximum Gasteiger partial charge on any atom is 0.240 e. The van der Waals surface area contributed by atoms with Crippen molar-refractivity contribution >= 4 is 40.9 Å². The SMILES string of the molecule is N#CNC[C@H]1CCCN1C(=O)C1CSC(c2ccc(Cl)cc2Cl)N1. The molecule has 8 heteroatoms. The average Bonchev–Trinajstić information content (AvgIpc) is 3.21. The number of benzene rings is 1. The molecule has 1 aromatic carbocycles. The molecule has 2 N–H and O–H groups in total. The van der Waals surface area contributed by atoms with Crippen molar-refractivity contribution in [3.05, 3.63) is 33.8 Å². The highest BCUT2D eigenvalue weighted by atomic mass is 35.5. The molecule has 0 spiro atoms. The Morgan fingerprint density at radius 1 is 1.50 bits per heavy atom. The van der Waals surface area contributed by atoms with Crippen LogP contribution in [0, 0.1) is 11.5 Å². The summed E-state index contributed by atoms with van der Waals surface area (Å²) in [5.41, 5.74) is 0.950. The van der Waals surface area contributed by atoms with Crippen molar-refractivity contribution < 1.29 is 4.79 Å². The summed E-state index contributed by atoms with van der Waals surface area (Å²) in [4.78, 5) is 14.7. The van der Waals surface area contributed by atoms with Crippen LogP contribution in [0.5, 0.6) is 0 Å². The van der Waals surface area contributed by atoms with Crippen LogP contribution in [-0.4, -0.2) is 41.7 Å². The first-order valence-electron chi connectivity index (χ1n) is 7.85. The second-order valence-corrected chi connectivity index (χ2v) is 7.90. The van der Waals surface area contributed by atoms with E-state index in [1.807, 2.05) is 23.2 Å². The van der Waals surface area contributed by atoms with Crippen LogP contribution in [0.2, 0.25) is 10.0 Å². The lowest BCUT2D eigenvalue weighted by atomic mass is 10.2. The third-order valence-electron chi connectivity index (χ3n) is 4.40. The molecule has 2 heterocycles. The summed E-state index contributed by atoms with van der Waals surface area (Å²) in [7, 11) is 0. The number of thioether (sulfide) groups is 1. The molecule has 2 aliphatic rings. The number of hydrogen-bond acceptors (Lipinski definition) is 5. The molecule has 3 atom stereocenters. The van der Waals surface area contributed by atoms with Gasteiger partial charge >= 0.3 is 0 Å². The van der Waals surface area contributed by atoms with Crippen molar-refractivity contribution in [2.75, 3.05) is 18.8 Å². The van der Waals surface area contributed by atoms with Gasteiger partial charge in [-0.2, -0.15) is 5.26 Å². The van der Waals surface area contributed by atoms with E-state index in [1.54, 1.807) is 17.8 Å². The Kier molecular flexibility index (Phi) is 5.77. The van der Waals surface area contributed by atoms with Crippen LogP contribution in [-0.2, 0) is 4.79 Å². The number of halogens is 2. The Balaban J connectivity index is 1.64. The van der Waals surface area contributed by atoms with Gasteiger partial charge in [0, 0.05) is 34.9 Å². The predicted octanol–water partition coefficient (Wildman–Crippen LogP) is 2.76. The predicted molar refractivity (Wildman–Crippen MR) is 96.9 cm³/mol. The molecule has 0 aromatic heterocycles. The van der Waals surface area contributed by atoms with E-state index in [2.05, 4.69) is 10.6 Å². The van der Waals surface area contributed by atoms with Crippen molar-refractivity contribution in [1.82, 2.24) is 15.5 Å². The quantitative estimate of drug-likeness (QED) is 0.616. The Hall–Kier alpha value is -1.13. The lowest BCUT2D eigenvalue weighted by Gasteiger charge is -2.27. The molecule has 2 unspecified atom stereocenters. The summed E-state index contributed by atoms with van der Waals surface area (Å²) in [6.45, 7) is 1.28. The minimum absolute atomic E-state index is 0.0120. The number of likely N-dealkylation sites (tertiary alicyclic amines) is 1. The van der Waals surface area contributed by atoms with Crippen LogP contribution < -0.4 is 10.6 Å². The fraction of sp³-hybridized carbons (Fsp3) is 0.500. The van der Waals surface area contributed by atoms with Gasteiger partial charge in [-0.3, -0.25) is 10.1 Å². The van der Waals surface area contributed by atoms with E-state index in [4.69, 9.17) is 28.5 Å². The number of nitriles is 1. The number of rotatable bonds is 4. The molecule has 1 amide bonds. The molecule has 5 nitrogen and oxygen atoms in total. The molecule has 24 heavy (non-hydrogen) atoms. The van der Waals surface area contributed by atoms with Crippen LogP contribution >= 0.6 is 35.0 Å². The highest BCUT2D eigenvalue weighted by Gasteiger charge is 2.37. The molecule has 2 fully saturated rings. The van der Waals surface area contributed by atoms with Gasteiger partial charge in [0.25, 0.3) is 0 Å². The summed E-state index contributed by atoms with van der Waals surface area (Å²) >= 11 is 13.9. The van der Waals surface area contributed by atoms with E-state index < -0.39 is 0 Å². The minimum Gasteiger partial charge on any atom is -0.337 e. The topological polar surface area (TPSA) is 68.2 Å². The standard InChI is InChI=1S/C16H18Cl2N4OS/c17-10-3-4-12(13(18)6-10)15-21-14(8-24-15)16(23)22-5-1-2-11(22)7-20-9-19/h3-4,6,11,14-15,20-21H,1-2,5,7-8H2/t11-,14?,15?/m1/s1. The maximum absolute atomic E-state index is 12.8. The van der Waals surface area contributed by atoms with Gasteiger partial charge in [-0.05, 0) is 30.5 Å². The van der Waals surface area contributed by atoms with Gasteiger partial charge in [0.1, 0.15) is 0 Å². The van der Waals surface area contributed by atoms with Crippen LogP contribution in [0.25, 0.3) is 0 Å². The summed E-state index contributed by atoms with van der Waals surface area (Å²) < 4.78 is 0. The monoisotopic (exact) mass is 384 g/mol. The zero-order valence-electron chi connectivity index (χ0n) is 13.0. The zero-order valence-corrected chi connectivity index (χ0v) is 15.3. The van der Waals surface area contributed by atoms with Gasteiger partial charge in [0.15, 0.2) is 6.19 Å². The second-order valence-electron chi connectivity index (χ2n) is 5.92. The fourth-order valence-corrected chi connectivity index (χ4v) is 5.06. The molecule has 0 bridgehead atoms. The normalized spacial score (nSPS) is 26.4. The smallest absolute Gasteiger partial charge is 0.240 e. The van der Waals surface area contributed by atoms with Gasteiger partial charge in [-0.15, -0.1) is 11.8 Å². The minimum atomic E-state index is -0.227. The summed E-state index contributed by atoms with van der Waals surface area (Å²) in [5, 5.41) is 15.9. The number of hydrogen-bond donors (Lipinski definition) is 2. The number of amides is 1. The van der Waals surface area contributed by atoms with Crippen LogP contribution in [0.1, 0.15) is 23.8 Å². The Morgan fingerprint density at radius 2 is 2.33 bits per heavy atom. The second kappa shape index (κ2) is 7.83. The summed E-state index contributed by atoms with van der Waals surface area (Å²) in [6, 6.07) is 5.30. The first-order chi connectivity index (χ1) is 11.6. The van der Waals surface area contributed by atoms with Gasteiger partial charge in [-0.1, -0.05) is 29.3 Å². The number of nitrogens with zero attached hydrogens (tertiary/aromatic N) is 2. The van der Waals surface area contributed by atoms with Crippen molar-refractivity contribution in [2.45, 2.75) is 30.3 Å². The molecular weight excluding hydrogens is 367 g/mol. The largest absolute Gasteiger partial charge is 0.337 e. The van der Waals surface area contributed by atoms with Crippen molar-refractivity contribution in [2.24, 2.45) is 0 Å². The molecule has 3 rings (SSSR count). The first-order valence-corrected chi connectivity index (χ1v) is 9.65. The third kappa shape index (κ3) is 3.75. The van der Waals surface area contributed by atoms with E-state index in [0.29, 0.717) is 22.3 Å². The van der Waals surface area contributed by atoms with Crippen molar-refractivity contribution in [3.8, 4) is 6.19 Å². The Morgan fingerprint density at radius 3 is 3.08 bits per heavy atom. The highest BCUT2D eigenvalue weighted by molar-refractivity contribution is 7.99. The van der Waals surface area contributed by atoms with E-state index in [-0.39, 0.29) is 23.4 Å². The third-order valence-corrected chi connectivity index (χ3v) is 6.21. The molecular formula is C16H18Cl2N4OS. The van der Waals surface area contributed by atoms with Gasteiger partial charge in [0.05, 0.1) is 11.4 Å². The molecule has 2 aliphatic heterocycles. The van der Waals surface area contributed by atoms with Crippen molar-refractivity contribution in [1.29, 1.82) is 5.26 Å². The number of carbonyl (C=O) groups is 1. The van der Waals surface area contributed by atoms with Crippen molar-refractivity contribution in [3.63, 3.8) is 0 Å².